The zero-order chi connectivity index (χ0) is 16.6. The summed E-state index contributed by atoms with van der Waals surface area (Å²) in [5.41, 5.74) is -0.0624. The largest absolute Gasteiger partial charge is 0.373 e. The van der Waals surface area contributed by atoms with Crippen molar-refractivity contribution >= 4 is 11.4 Å². The second-order valence-electron chi connectivity index (χ2n) is 7.71. The summed E-state index contributed by atoms with van der Waals surface area (Å²) >= 11 is 0. The topological polar surface area (TPSA) is 95.5 Å². The van der Waals surface area contributed by atoms with Gasteiger partial charge in [0.1, 0.15) is 0 Å². The summed E-state index contributed by atoms with van der Waals surface area (Å²) in [5.74, 6) is 4.99. The molecule has 24 heavy (non-hydrogen) atoms. The lowest BCUT2D eigenvalue weighted by atomic mass is 9.45. The van der Waals surface area contributed by atoms with Crippen molar-refractivity contribution in [1.82, 2.24) is 0 Å². The van der Waals surface area contributed by atoms with Crippen molar-refractivity contribution in [3.8, 4) is 0 Å². The Labute approximate surface area is 138 Å². The van der Waals surface area contributed by atoms with Gasteiger partial charge in [-0.1, -0.05) is 0 Å². The van der Waals surface area contributed by atoms with Gasteiger partial charge < -0.3 is 4.74 Å². The molecule has 4 aliphatic rings. The third-order valence-corrected chi connectivity index (χ3v) is 7.11. The van der Waals surface area contributed by atoms with E-state index in [4.69, 9.17) is 4.74 Å². The Balaban J connectivity index is 1.32. The van der Waals surface area contributed by atoms with Crippen molar-refractivity contribution < 1.29 is 14.6 Å². The van der Waals surface area contributed by atoms with Crippen molar-refractivity contribution in [2.45, 2.75) is 32.0 Å². The van der Waals surface area contributed by atoms with E-state index in [2.05, 4.69) is 0 Å². The lowest BCUT2D eigenvalue weighted by Gasteiger charge is -2.60. The molecule has 0 aromatic heterocycles. The van der Waals surface area contributed by atoms with Crippen LogP contribution in [0.15, 0.2) is 18.2 Å². The molecule has 7 nitrogen and oxygen atoms in total. The van der Waals surface area contributed by atoms with Gasteiger partial charge in [0, 0.05) is 6.07 Å². The molecule has 0 spiro atoms. The first-order valence-corrected chi connectivity index (χ1v) is 8.59. The van der Waals surface area contributed by atoms with Crippen molar-refractivity contribution in [2.75, 3.05) is 0 Å². The smallest absolute Gasteiger partial charge is 0.281 e. The van der Waals surface area contributed by atoms with Crippen LogP contribution in [-0.4, -0.2) is 16.0 Å². The Morgan fingerprint density at radius 3 is 2.54 bits per heavy atom. The minimum absolute atomic E-state index is 0.164. The molecule has 126 valence electrons. The number of rotatable bonds is 5. The number of non-ortho nitro benzene ring substituents is 1. The van der Waals surface area contributed by atoms with E-state index in [1.165, 1.54) is 25.0 Å². The maximum absolute atomic E-state index is 11.2. The maximum Gasteiger partial charge on any atom is 0.281 e. The minimum Gasteiger partial charge on any atom is -0.373 e. The third kappa shape index (κ3) is 1.70. The molecule has 4 aliphatic carbocycles. The van der Waals surface area contributed by atoms with Crippen molar-refractivity contribution in [3.05, 3.63) is 44.0 Å². The maximum atomic E-state index is 11.2. The molecule has 5 rings (SSSR count). The van der Waals surface area contributed by atoms with Gasteiger partial charge in [0.15, 0.2) is 0 Å². The summed E-state index contributed by atoms with van der Waals surface area (Å²) in [4.78, 5) is 20.8. The molecule has 7 atom stereocenters. The van der Waals surface area contributed by atoms with Gasteiger partial charge in [-0.25, -0.2) is 0 Å². The van der Waals surface area contributed by atoms with Gasteiger partial charge in [-0.2, -0.15) is 0 Å². The Bertz CT molecular complexity index is 740. The van der Waals surface area contributed by atoms with Crippen LogP contribution >= 0.6 is 0 Å². The summed E-state index contributed by atoms with van der Waals surface area (Å²) in [6.07, 6.45) is 4.01. The zero-order valence-corrected chi connectivity index (χ0v) is 13.0. The van der Waals surface area contributed by atoms with E-state index in [0.29, 0.717) is 11.5 Å². The molecule has 0 bridgehead atoms. The standard InChI is InChI=1S/C17H18N2O5/c20-18(21)9-2-1-8(13(5-9)19(22)23)7-24-14-6-12-10-3-4-11-15(10)17(12)16(11)14/h1-2,5,10-12,14-17H,3-4,6-7H2/t10-,11+,12+,14+,15+,16-,17-/m0/s1. The van der Waals surface area contributed by atoms with Crippen LogP contribution < -0.4 is 0 Å². The van der Waals surface area contributed by atoms with Crippen LogP contribution in [0.1, 0.15) is 24.8 Å². The highest BCUT2D eigenvalue weighted by Crippen LogP contribution is 2.77. The molecule has 0 unspecified atom stereocenters. The molecule has 0 amide bonds. The highest BCUT2D eigenvalue weighted by Gasteiger charge is 2.73. The summed E-state index contributed by atoms with van der Waals surface area (Å²) in [6, 6.07) is 3.79. The molecule has 0 radical (unpaired) electrons. The molecule has 0 heterocycles. The van der Waals surface area contributed by atoms with Gasteiger partial charge in [-0.3, -0.25) is 20.2 Å². The Morgan fingerprint density at radius 1 is 1.00 bits per heavy atom. The quantitative estimate of drug-likeness (QED) is 0.609. The highest BCUT2D eigenvalue weighted by molar-refractivity contribution is 5.48. The number of nitrogens with zero attached hydrogens (tertiary/aromatic N) is 2. The van der Waals surface area contributed by atoms with Crippen molar-refractivity contribution in [3.63, 3.8) is 0 Å². The van der Waals surface area contributed by atoms with Gasteiger partial charge in [-0.15, -0.1) is 0 Å². The van der Waals surface area contributed by atoms with Crippen LogP contribution in [0.5, 0.6) is 0 Å². The lowest BCUT2D eigenvalue weighted by molar-refractivity contribution is -0.394. The van der Waals surface area contributed by atoms with E-state index in [1.807, 2.05) is 0 Å². The second-order valence-corrected chi connectivity index (χ2v) is 7.71. The zero-order valence-electron chi connectivity index (χ0n) is 13.0. The normalized spacial score (nSPS) is 40.6. The number of hydrogen-bond acceptors (Lipinski definition) is 5. The van der Waals surface area contributed by atoms with E-state index < -0.39 is 9.85 Å². The Morgan fingerprint density at radius 2 is 1.79 bits per heavy atom. The highest BCUT2D eigenvalue weighted by atomic mass is 16.6. The Kier molecular flexibility index (Phi) is 2.84. The molecule has 4 fully saturated rings. The molecule has 0 N–H and O–H groups in total. The van der Waals surface area contributed by atoms with Gasteiger partial charge in [0.25, 0.3) is 11.4 Å². The molecule has 4 saturated carbocycles. The monoisotopic (exact) mass is 330 g/mol. The number of ether oxygens (including phenoxy) is 1. The molecule has 7 heteroatoms. The molecular weight excluding hydrogens is 312 g/mol. The summed E-state index contributed by atoms with van der Waals surface area (Å²) in [5, 5.41) is 22.0. The number of fused-ring (bicyclic) bond motifs is 2. The number of nitro groups is 2. The molecule has 0 saturated heterocycles. The van der Waals surface area contributed by atoms with E-state index in [1.54, 1.807) is 0 Å². The molecule has 0 aliphatic heterocycles. The van der Waals surface area contributed by atoms with Gasteiger partial charge in [-0.05, 0) is 60.8 Å². The van der Waals surface area contributed by atoms with Gasteiger partial charge in [0.2, 0.25) is 0 Å². The number of nitro benzene ring substituents is 2. The predicted molar refractivity (Wildman–Crippen MR) is 83.1 cm³/mol. The average Bonchev–Trinajstić information content (AvgIpc) is 2.81. The molecule has 1 aromatic rings. The first-order chi connectivity index (χ1) is 11.6. The van der Waals surface area contributed by atoms with Crippen LogP contribution in [0.25, 0.3) is 0 Å². The summed E-state index contributed by atoms with van der Waals surface area (Å²) < 4.78 is 6.09. The van der Waals surface area contributed by atoms with Crippen LogP contribution in [-0.2, 0) is 11.3 Å². The van der Waals surface area contributed by atoms with E-state index in [0.717, 1.165) is 42.1 Å². The number of benzene rings is 1. The second kappa shape index (κ2) is 4.75. The van der Waals surface area contributed by atoms with E-state index in [-0.39, 0.29) is 24.1 Å². The van der Waals surface area contributed by atoms with Gasteiger partial charge in [0.05, 0.1) is 34.2 Å². The number of hydrogen-bond donors (Lipinski definition) is 0. The van der Waals surface area contributed by atoms with Crippen molar-refractivity contribution in [2.24, 2.45) is 35.5 Å². The molecule has 1 aromatic carbocycles. The average molecular weight is 330 g/mol. The van der Waals surface area contributed by atoms with Crippen LogP contribution in [0.2, 0.25) is 0 Å². The van der Waals surface area contributed by atoms with Crippen LogP contribution in [0.3, 0.4) is 0 Å². The van der Waals surface area contributed by atoms with E-state index >= 15 is 0 Å². The van der Waals surface area contributed by atoms with Gasteiger partial charge >= 0.3 is 0 Å². The third-order valence-electron chi connectivity index (χ3n) is 7.11. The fourth-order valence-corrected chi connectivity index (χ4v) is 6.33. The summed E-state index contributed by atoms with van der Waals surface area (Å²) in [6.45, 7) is 0.164. The minimum atomic E-state index is -0.614. The van der Waals surface area contributed by atoms with E-state index in [9.17, 15) is 20.2 Å². The Hall–Kier alpha value is -2.02. The van der Waals surface area contributed by atoms with Crippen molar-refractivity contribution in [1.29, 1.82) is 0 Å². The summed E-state index contributed by atoms with van der Waals surface area (Å²) in [7, 11) is 0. The predicted octanol–water partition coefficient (Wildman–Crippen LogP) is 3.31. The SMILES string of the molecule is O=[N+]([O-])c1ccc(CO[C@@H]2C[C@@H]3[C@@H]4CC[C@@H]5[C@@H]4[C@H]3[C@@H]52)c([N+](=O)[O-])c1. The van der Waals surface area contributed by atoms with Crippen LogP contribution in [0.4, 0.5) is 11.4 Å². The first kappa shape index (κ1) is 14.3. The fraction of sp³-hybridized carbons (Fsp3) is 0.647. The molecular formula is C17H18N2O5. The van der Waals surface area contributed by atoms with Crippen LogP contribution in [0, 0.1) is 55.7 Å². The lowest BCUT2D eigenvalue weighted by Crippen LogP contribution is -2.57. The first-order valence-electron chi connectivity index (χ1n) is 8.59. The fourth-order valence-electron chi connectivity index (χ4n) is 6.33.